The zero-order valence-electron chi connectivity index (χ0n) is 15.6. The summed E-state index contributed by atoms with van der Waals surface area (Å²) in [5.41, 5.74) is 1.60. The van der Waals surface area contributed by atoms with Crippen molar-refractivity contribution in [2.75, 3.05) is 18.4 Å². The van der Waals surface area contributed by atoms with Gasteiger partial charge in [-0.3, -0.25) is 9.10 Å². The summed E-state index contributed by atoms with van der Waals surface area (Å²) in [5, 5.41) is 9.05. The van der Waals surface area contributed by atoms with Crippen molar-refractivity contribution in [1.29, 1.82) is 0 Å². The van der Waals surface area contributed by atoms with Crippen molar-refractivity contribution in [2.45, 2.75) is 24.8 Å². The van der Waals surface area contributed by atoms with Gasteiger partial charge in [0.2, 0.25) is 0 Å². The number of sulfonamides is 1. The number of anilines is 1. The molecule has 0 heterocycles. The monoisotopic (exact) mass is 390 g/mol. The molecule has 27 heavy (non-hydrogen) atoms. The number of aliphatic carboxylic acids is 1. The number of nitrogens with zero attached hydrogens (tertiary/aromatic N) is 2. The zero-order valence-corrected chi connectivity index (χ0v) is 16.4. The third-order valence-corrected chi connectivity index (χ3v) is 6.18. The number of rotatable bonds is 6. The molecule has 0 fully saturated rings. The highest BCUT2D eigenvalue weighted by molar-refractivity contribution is 7.92. The molecule has 1 unspecified atom stereocenters. The largest absolute Gasteiger partial charge is 0.480 e. The highest BCUT2D eigenvalue weighted by atomic mass is 32.2. The summed E-state index contributed by atoms with van der Waals surface area (Å²) in [5.74, 6) is -1.71. The summed E-state index contributed by atoms with van der Waals surface area (Å²) in [4.78, 5) is 24.6. The number of amides is 1. The molecule has 0 aliphatic carbocycles. The van der Waals surface area contributed by atoms with Crippen LogP contribution in [0.3, 0.4) is 0 Å². The molecule has 2 aromatic carbocycles. The Labute approximate surface area is 158 Å². The lowest BCUT2D eigenvalue weighted by atomic mass is 10.2. The first-order valence-corrected chi connectivity index (χ1v) is 9.65. The molecule has 8 heteroatoms. The predicted molar refractivity (Wildman–Crippen MR) is 102 cm³/mol. The van der Waals surface area contributed by atoms with Crippen molar-refractivity contribution in [1.82, 2.24) is 4.90 Å². The van der Waals surface area contributed by atoms with E-state index in [1.165, 1.54) is 45.3 Å². The second-order valence-electron chi connectivity index (χ2n) is 6.27. The number of carboxylic acids is 1. The van der Waals surface area contributed by atoms with Crippen LogP contribution in [-0.2, 0) is 14.8 Å². The molecule has 1 N–H and O–H groups in total. The van der Waals surface area contributed by atoms with Crippen molar-refractivity contribution in [3.05, 3.63) is 59.7 Å². The van der Waals surface area contributed by atoms with Crippen molar-refractivity contribution in [3.8, 4) is 0 Å². The van der Waals surface area contributed by atoms with E-state index in [-0.39, 0.29) is 10.5 Å². The number of carboxylic acid groups (broad SMARTS) is 1. The molecule has 2 aromatic rings. The lowest BCUT2D eigenvalue weighted by Gasteiger charge is -2.23. The fourth-order valence-electron chi connectivity index (χ4n) is 2.39. The predicted octanol–water partition coefficient (Wildman–Crippen LogP) is 2.37. The number of carbonyl (C=O) groups is 2. The van der Waals surface area contributed by atoms with E-state index in [2.05, 4.69) is 0 Å². The van der Waals surface area contributed by atoms with Gasteiger partial charge in [-0.1, -0.05) is 23.8 Å². The van der Waals surface area contributed by atoms with Gasteiger partial charge < -0.3 is 10.0 Å². The van der Waals surface area contributed by atoms with Crippen LogP contribution < -0.4 is 4.31 Å². The molecule has 1 amide bonds. The summed E-state index contributed by atoms with van der Waals surface area (Å²) in [6, 6.07) is 11.6. The Morgan fingerprint density at radius 3 is 2.19 bits per heavy atom. The van der Waals surface area contributed by atoms with Gasteiger partial charge >= 0.3 is 5.97 Å². The summed E-state index contributed by atoms with van der Waals surface area (Å²) >= 11 is 0. The minimum atomic E-state index is -3.88. The van der Waals surface area contributed by atoms with E-state index >= 15 is 0 Å². The number of hydrogen-bond acceptors (Lipinski definition) is 4. The molecule has 2 rings (SSSR count). The van der Waals surface area contributed by atoms with Gasteiger partial charge in [-0.05, 0) is 44.2 Å². The molecular weight excluding hydrogens is 368 g/mol. The van der Waals surface area contributed by atoms with Gasteiger partial charge in [0.25, 0.3) is 15.9 Å². The summed E-state index contributed by atoms with van der Waals surface area (Å²) in [6.07, 6.45) is 0. The minimum Gasteiger partial charge on any atom is -0.480 e. The van der Waals surface area contributed by atoms with Crippen molar-refractivity contribution >= 4 is 27.6 Å². The van der Waals surface area contributed by atoms with E-state index in [4.69, 9.17) is 5.11 Å². The number of likely N-dealkylation sites (N-methyl/N-ethyl adjacent to an activating group) is 1. The molecular formula is C19H22N2O5S. The molecule has 0 aromatic heterocycles. The number of carbonyl (C=O) groups excluding carboxylic acids is 1. The van der Waals surface area contributed by atoms with E-state index < -0.39 is 27.9 Å². The first-order valence-electron chi connectivity index (χ1n) is 8.21. The number of hydrogen-bond donors (Lipinski definition) is 1. The van der Waals surface area contributed by atoms with Gasteiger partial charge in [0.1, 0.15) is 6.04 Å². The van der Waals surface area contributed by atoms with Crippen LogP contribution in [0.25, 0.3) is 0 Å². The molecule has 1 atom stereocenters. The van der Waals surface area contributed by atoms with Crippen LogP contribution in [0.1, 0.15) is 22.8 Å². The van der Waals surface area contributed by atoms with Gasteiger partial charge in [-0.2, -0.15) is 0 Å². The average molecular weight is 390 g/mol. The van der Waals surface area contributed by atoms with Gasteiger partial charge in [-0.15, -0.1) is 0 Å². The second-order valence-corrected chi connectivity index (χ2v) is 8.24. The van der Waals surface area contributed by atoms with E-state index in [9.17, 15) is 18.0 Å². The van der Waals surface area contributed by atoms with E-state index in [1.54, 1.807) is 12.1 Å². The van der Waals surface area contributed by atoms with Crippen LogP contribution in [0.5, 0.6) is 0 Å². The van der Waals surface area contributed by atoms with E-state index in [0.717, 1.165) is 14.8 Å². The van der Waals surface area contributed by atoms with Crippen LogP contribution in [-0.4, -0.2) is 50.4 Å². The Hall–Kier alpha value is -2.87. The smallest absolute Gasteiger partial charge is 0.326 e. The van der Waals surface area contributed by atoms with Crippen LogP contribution in [0.4, 0.5) is 5.69 Å². The van der Waals surface area contributed by atoms with E-state index in [0.29, 0.717) is 5.69 Å². The van der Waals surface area contributed by atoms with Gasteiger partial charge in [-0.25, -0.2) is 13.2 Å². The van der Waals surface area contributed by atoms with Crippen molar-refractivity contribution in [2.24, 2.45) is 0 Å². The molecule has 0 aliphatic rings. The molecule has 7 nitrogen and oxygen atoms in total. The van der Waals surface area contributed by atoms with Gasteiger partial charge in [0, 0.05) is 19.7 Å². The highest BCUT2D eigenvalue weighted by Gasteiger charge is 2.26. The second kappa shape index (κ2) is 7.79. The molecule has 0 aliphatic heterocycles. The Kier molecular flexibility index (Phi) is 5.90. The first kappa shape index (κ1) is 20.4. The number of aryl methyl sites for hydroxylation is 1. The fraction of sp³-hybridized carbons (Fsp3) is 0.263. The lowest BCUT2D eigenvalue weighted by Crippen LogP contribution is -2.40. The van der Waals surface area contributed by atoms with Crippen LogP contribution in [0.2, 0.25) is 0 Å². The highest BCUT2D eigenvalue weighted by Crippen LogP contribution is 2.23. The summed E-state index contributed by atoms with van der Waals surface area (Å²) < 4.78 is 27.0. The Balaban J connectivity index is 2.36. The normalized spacial score (nSPS) is 12.3. The van der Waals surface area contributed by atoms with Crippen molar-refractivity contribution in [3.63, 3.8) is 0 Å². The maximum Gasteiger partial charge on any atom is 0.326 e. The first-order chi connectivity index (χ1) is 12.6. The maximum atomic E-state index is 12.9. The van der Waals surface area contributed by atoms with Gasteiger partial charge in [0.05, 0.1) is 10.6 Å². The third kappa shape index (κ3) is 4.28. The Morgan fingerprint density at radius 1 is 1.04 bits per heavy atom. The molecule has 0 saturated heterocycles. The molecule has 0 radical (unpaired) electrons. The molecule has 0 bridgehead atoms. The van der Waals surface area contributed by atoms with E-state index in [1.807, 2.05) is 19.1 Å². The molecule has 0 spiro atoms. The van der Waals surface area contributed by atoms with Crippen LogP contribution in [0, 0.1) is 6.92 Å². The summed E-state index contributed by atoms with van der Waals surface area (Å²) in [7, 11) is -1.08. The Bertz CT molecular complexity index is 954. The average Bonchev–Trinajstić information content (AvgIpc) is 2.66. The topological polar surface area (TPSA) is 95.0 Å². The van der Waals surface area contributed by atoms with Crippen molar-refractivity contribution < 1.29 is 23.1 Å². The molecule has 144 valence electrons. The minimum absolute atomic E-state index is 0.0483. The van der Waals surface area contributed by atoms with Crippen LogP contribution >= 0.6 is 0 Å². The Morgan fingerprint density at radius 2 is 1.63 bits per heavy atom. The summed E-state index contributed by atoms with van der Waals surface area (Å²) in [6.45, 7) is 3.29. The fourth-order valence-corrected chi connectivity index (χ4v) is 3.63. The third-order valence-electron chi connectivity index (χ3n) is 4.40. The molecule has 0 saturated carbocycles. The lowest BCUT2D eigenvalue weighted by molar-refractivity contribution is -0.141. The zero-order chi connectivity index (χ0) is 20.4. The van der Waals surface area contributed by atoms with Crippen LogP contribution in [0.15, 0.2) is 53.4 Å². The van der Waals surface area contributed by atoms with Gasteiger partial charge in [0.15, 0.2) is 0 Å². The number of benzene rings is 2. The standard InChI is InChI=1S/C19H22N2O5S/c1-13-8-10-16(11-9-13)21(4)27(25,26)17-7-5-6-15(12-17)18(22)20(3)14(2)19(23)24/h5-12,14H,1-4H3,(H,23,24). The SMILES string of the molecule is Cc1ccc(N(C)S(=O)(=O)c2cccc(C(=O)N(C)C(C)C(=O)O)c2)cc1. The maximum absolute atomic E-state index is 12.9. The quantitative estimate of drug-likeness (QED) is 0.817.